The van der Waals surface area contributed by atoms with E-state index in [0.29, 0.717) is 5.78 Å². The summed E-state index contributed by atoms with van der Waals surface area (Å²) in [5.74, 6) is 3.05. The molecule has 0 aromatic carbocycles. The summed E-state index contributed by atoms with van der Waals surface area (Å²) in [4.78, 5) is 11.4. The van der Waals surface area contributed by atoms with Crippen LogP contribution in [0.15, 0.2) is 0 Å². The van der Waals surface area contributed by atoms with Crippen LogP contribution in [0, 0.1) is 17.8 Å². The molecule has 1 fully saturated rings. The molecule has 2 atom stereocenters. The molecule has 1 heteroatoms. The Kier molecular flexibility index (Phi) is 5.35. The molecule has 0 saturated heterocycles. The molecule has 1 saturated carbocycles. The third-order valence-corrected chi connectivity index (χ3v) is 3.64. The first-order valence-electron chi connectivity index (χ1n) is 6.63. The van der Waals surface area contributed by atoms with Gasteiger partial charge in [0.25, 0.3) is 0 Å². The minimum Gasteiger partial charge on any atom is -0.300 e. The molecule has 1 rings (SSSR count). The maximum atomic E-state index is 11.4. The van der Waals surface area contributed by atoms with Crippen molar-refractivity contribution >= 4 is 5.78 Å². The Balaban J connectivity index is 2.23. The molecule has 0 amide bonds. The van der Waals surface area contributed by atoms with E-state index in [0.717, 1.165) is 43.4 Å². The highest BCUT2D eigenvalue weighted by Gasteiger charge is 2.23. The standard InChI is InChI=1S/C14H26O/c1-4-5-14(15)7-6-13-9-11(2)8-12(3)10-13/h11-13H,4-10H2,1-3H3. The van der Waals surface area contributed by atoms with Crippen LogP contribution in [0.5, 0.6) is 0 Å². The second kappa shape index (κ2) is 6.30. The second-order valence-electron chi connectivity index (χ2n) is 5.61. The fraction of sp³-hybridized carbons (Fsp3) is 0.929. The summed E-state index contributed by atoms with van der Waals surface area (Å²) in [6.45, 7) is 6.80. The first kappa shape index (κ1) is 12.7. The third kappa shape index (κ3) is 4.81. The van der Waals surface area contributed by atoms with E-state index >= 15 is 0 Å². The van der Waals surface area contributed by atoms with Crippen molar-refractivity contribution in [1.82, 2.24) is 0 Å². The first-order chi connectivity index (χ1) is 7.11. The number of carbonyl (C=O) groups excluding carboxylic acids is 1. The van der Waals surface area contributed by atoms with E-state index in [1.54, 1.807) is 0 Å². The first-order valence-corrected chi connectivity index (χ1v) is 6.63. The largest absolute Gasteiger partial charge is 0.300 e. The van der Waals surface area contributed by atoms with Gasteiger partial charge in [-0.05, 0) is 49.9 Å². The molecule has 0 aromatic heterocycles. The average Bonchev–Trinajstić information content (AvgIpc) is 2.14. The van der Waals surface area contributed by atoms with Crippen LogP contribution >= 0.6 is 0 Å². The highest BCUT2D eigenvalue weighted by Crippen LogP contribution is 2.35. The number of ketones is 1. The lowest BCUT2D eigenvalue weighted by atomic mass is 9.75. The summed E-state index contributed by atoms with van der Waals surface area (Å²) >= 11 is 0. The molecular formula is C14H26O. The van der Waals surface area contributed by atoms with Gasteiger partial charge in [0.2, 0.25) is 0 Å². The fourth-order valence-electron chi connectivity index (χ4n) is 3.12. The molecule has 0 N–H and O–H groups in total. The number of carbonyl (C=O) groups is 1. The van der Waals surface area contributed by atoms with Gasteiger partial charge in [0, 0.05) is 12.8 Å². The van der Waals surface area contributed by atoms with Crippen molar-refractivity contribution in [2.75, 3.05) is 0 Å². The SMILES string of the molecule is CCCC(=O)CCC1CC(C)CC(C)C1. The summed E-state index contributed by atoms with van der Waals surface area (Å²) in [6.07, 6.45) is 7.87. The molecule has 2 unspecified atom stereocenters. The van der Waals surface area contributed by atoms with E-state index in [4.69, 9.17) is 0 Å². The lowest BCUT2D eigenvalue weighted by Gasteiger charge is -2.31. The van der Waals surface area contributed by atoms with E-state index in [-0.39, 0.29) is 0 Å². The van der Waals surface area contributed by atoms with Gasteiger partial charge in [-0.3, -0.25) is 4.79 Å². The number of hydrogen-bond donors (Lipinski definition) is 0. The van der Waals surface area contributed by atoms with Gasteiger partial charge in [0.1, 0.15) is 5.78 Å². The summed E-state index contributed by atoms with van der Waals surface area (Å²) in [6, 6.07) is 0. The third-order valence-electron chi connectivity index (χ3n) is 3.64. The molecule has 1 aliphatic carbocycles. The van der Waals surface area contributed by atoms with Gasteiger partial charge in [0.15, 0.2) is 0 Å². The van der Waals surface area contributed by atoms with E-state index in [1.165, 1.54) is 19.3 Å². The molecule has 0 radical (unpaired) electrons. The van der Waals surface area contributed by atoms with E-state index in [1.807, 2.05) is 0 Å². The quantitative estimate of drug-likeness (QED) is 0.664. The molecule has 0 spiro atoms. The maximum Gasteiger partial charge on any atom is 0.132 e. The van der Waals surface area contributed by atoms with Crippen LogP contribution in [-0.2, 0) is 4.79 Å². The van der Waals surface area contributed by atoms with Crippen LogP contribution in [0.4, 0.5) is 0 Å². The molecule has 1 nitrogen and oxygen atoms in total. The Labute approximate surface area is 94.6 Å². The molecule has 1 aliphatic rings. The van der Waals surface area contributed by atoms with E-state index < -0.39 is 0 Å². The normalized spacial score (nSPS) is 31.5. The van der Waals surface area contributed by atoms with Gasteiger partial charge in [-0.1, -0.05) is 20.8 Å². The minimum atomic E-state index is 0.475. The van der Waals surface area contributed by atoms with Crippen molar-refractivity contribution < 1.29 is 4.79 Å². The second-order valence-corrected chi connectivity index (χ2v) is 5.61. The van der Waals surface area contributed by atoms with Crippen molar-refractivity contribution in [2.24, 2.45) is 17.8 Å². The van der Waals surface area contributed by atoms with Gasteiger partial charge in [-0.15, -0.1) is 0 Å². The Morgan fingerprint density at radius 2 is 1.67 bits per heavy atom. The van der Waals surface area contributed by atoms with Crippen molar-refractivity contribution in [3.05, 3.63) is 0 Å². The van der Waals surface area contributed by atoms with Gasteiger partial charge < -0.3 is 0 Å². The molecule has 15 heavy (non-hydrogen) atoms. The molecular weight excluding hydrogens is 184 g/mol. The average molecular weight is 210 g/mol. The van der Waals surface area contributed by atoms with Crippen molar-refractivity contribution in [2.45, 2.75) is 65.7 Å². The van der Waals surface area contributed by atoms with Gasteiger partial charge in [-0.2, -0.15) is 0 Å². The van der Waals surface area contributed by atoms with Crippen LogP contribution in [0.2, 0.25) is 0 Å². The monoisotopic (exact) mass is 210 g/mol. The van der Waals surface area contributed by atoms with Crippen molar-refractivity contribution in [3.8, 4) is 0 Å². The van der Waals surface area contributed by atoms with Crippen molar-refractivity contribution in [1.29, 1.82) is 0 Å². The number of rotatable bonds is 5. The van der Waals surface area contributed by atoms with Gasteiger partial charge in [0.05, 0.1) is 0 Å². The lowest BCUT2D eigenvalue weighted by Crippen LogP contribution is -2.20. The predicted octanol–water partition coefficient (Wildman–Crippen LogP) is 4.21. The summed E-state index contributed by atoms with van der Waals surface area (Å²) in [5, 5.41) is 0. The maximum absolute atomic E-state index is 11.4. The van der Waals surface area contributed by atoms with Crippen LogP contribution in [0.25, 0.3) is 0 Å². The predicted molar refractivity (Wildman–Crippen MR) is 64.8 cm³/mol. The lowest BCUT2D eigenvalue weighted by molar-refractivity contribution is -0.119. The zero-order valence-electron chi connectivity index (χ0n) is 10.6. The number of hydrogen-bond acceptors (Lipinski definition) is 1. The summed E-state index contributed by atoms with van der Waals surface area (Å²) < 4.78 is 0. The van der Waals surface area contributed by atoms with E-state index in [2.05, 4.69) is 20.8 Å². The van der Waals surface area contributed by atoms with Gasteiger partial charge >= 0.3 is 0 Å². The summed E-state index contributed by atoms with van der Waals surface area (Å²) in [5.41, 5.74) is 0. The minimum absolute atomic E-state index is 0.475. The van der Waals surface area contributed by atoms with Gasteiger partial charge in [-0.25, -0.2) is 0 Å². The Morgan fingerprint density at radius 1 is 1.07 bits per heavy atom. The van der Waals surface area contributed by atoms with Crippen LogP contribution in [-0.4, -0.2) is 5.78 Å². The summed E-state index contributed by atoms with van der Waals surface area (Å²) in [7, 11) is 0. The van der Waals surface area contributed by atoms with E-state index in [9.17, 15) is 4.79 Å². The Hall–Kier alpha value is -0.330. The van der Waals surface area contributed by atoms with Crippen LogP contribution in [0.1, 0.15) is 65.7 Å². The molecule has 0 heterocycles. The number of Topliss-reactive ketones (excluding diaryl/α,β-unsaturated/α-hetero) is 1. The van der Waals surface area contributed by atoms with Crippen LogP contribution in [0.3, 0.4) is 0 Å². The highest BCUT2D eigenvalue weighted by atomic mass is 16.1. The Morgan fingerprint density at radius 3 is 2.20 bits per heavy atom. The molecule has 0 aliphatic heterocycles. The van der Waals surface area contributed by atoms with Crippen LogP contribution < -0.4 is 0 Å². The highest BCUT2D eigenvalue weighted by molar-refractivity contribution is 5.78. The van der Waals surface area contributed by atoms with Crippen molar-refractivity contribution in [3.63, 3.8) is 0 Å². The Bertz CT molecular complexity index is 188. The molecule has 0 aromatic rings. The topological polar surface area (TPSA) is 17.1 Å². The zero-order chi connectivity index (χ0) is 11.3. The molecule has 0 bridgehead atoms. The molecule has 88 valence electrons. The smallest absolute Gasteiger partial charge is 0.132 e. The fourth-order valence-corrected chi connectivity index (χ4v) is 3.12. The zero-order valence-corrected chi connectivity index (χ0v) is 10.6.